The van der Waals surface area contributed by atoms with Crippen molar-refractivity contribution in [1.82, 2.24) is 39.5 Å². The van der Waals surface area contributed by atoms with E-state index >= 15 is 0 Å². The highest BCUT2D eigenvalue weighted by Gasteiger charge is 2.15. The van der Waals surface area contributed by atoms with E-state index in [0.717, 1.165) is 94.5 Å². The molecule has 0 unspecified atom stereocenters. The molecule has 0 aliphatic carbocycles. The van der Waals surface area contributed by atoms with E-state index in [1.807, 2.05) is 24.3 Å². The molecule has 12 heteroatoms. The Hall–Kier alpha value is -5.92. The topological polar surface area (TPSA) is 113 Å². The highest BCUT2D eigenvalue weighted by molar-refractivity contribution is 5.87. The lowest BCUT2D eigenvalue weighted by Crippen LogP contribution is -2.38. The van der Waals surface area contributed by atoms with Gasteiger partial charge in [-0.1, -0.05) is 20.8 Å². The first kappa shape index (κ1) is 60.0. The zero-order chi connectivity index (χ0) is 54.6. The second kappa shape index (κ2) is 30.0. The Labute approximate surface area is 450 Å². The second-order valence-electron chi connectivity index (χ2n) is 20.7. The molecule has 8 rings (SSSR count). The summed E-state index contributed by atoms with van der Waals surface area (Å²) < 4.78 is 21.2. The third-order valence-corrected chi connectivity index (χ3v) is 14.9. The molecule has 12 nitrogen and oxygen atoms in total. The molecule has 0 radical (unpaired) electrons. The quantitative estimate of drug-likeness (QED) is 0.0501. The number of nitrogens with one attached hydrogen (secondary N) is 4. The van der Waals surface area contributed by atoms with E-state index in [4.69, 9.17) is 18.9 Å². The van der Waals surface area contributed by atoms with Crippen LogP contribution in [0.4, 0.5) is 0 Å². The van der Waals surface area contributed by atoms with Crippen molar-refractivity contribution >= 4 is 43.6 Å². The molecule has 4 aromatic heterocycles. The Balaban J connectivity index is 0.000000185. The summed E-state index contributed by atoms with van der Waals surface area (Å²) in [5.41, 5.74) is 10.2. The molecule has 0 saturated carbocycles. The van der Waals surface area contributed by atoms with Gasteiger partial charge in [0.05, 0.1) is 28.4 Å². The van der Waals surface area contributed by atoms with E-state index in [1.165, 1.54) is 65.9 Å². The maximum Gasteiger partial charge on any atom is 0.119 e. The van der Waals surface area contributed by atoms with Gasteiger partial charge >= 0.3 is 0 Å². The number of methoxy groups -OCH3 is 4. The van der Waals surface area contributed by atoms with Crippen LogP contribution in [-0.4, -0.2) is 145 Å². The average molecular weight is 1030 g/mol. The van der Waals surface area contributed by atoms with Crippen LogP contribution in [0.5, 0.6) is 23.0 Å². The first-order valence-electron chi connectivity index (χ1n) is 27.6. The van der Waals surface area contributed by atoms with Gasteiger partial charge in [0.1, 0.15) is 23.0 Å². The number of nitrogens with zero attached hydrogens (tertiary/aromatic N) is 4. The van der Waals surface area contributed by atoms with Crippen LogP contribution in [0.25, 0.3) is 43.6 Å². The smallest absolute Gasteiger partial charge is 0.119 e. The van der Waals surface area contributed by atoms with Gasteiger partial charge < -0.3 is 53.6 Å². The average Bonchev–Trinajstić information content (AvgIpc) is 4.23. The van der Waals surface area contributed by atoms with Gasteiger partial charge in [0.2, 0.25) is 0 Å². The molecule has 0 amide bonds. The highest BCUT2D eigenvalue weighted by atomic mass is 16.5. The van der Waals surface area contributed by atoms with Gasteiger partial charge in [0.25, 0.3) is 0 Å². The van der Waals surface area contributed by atoms with Crippen molar-refractivity contribution in [1.29, 1.82) is 0 Å². The monoisotopic (exact) mass is 1030 g/mol. The minimum absolute atomic E-state index is 0.578. The van der Waals surface area contributed by atoms with Crippen molar-refractivity contribution in [2.75, 3.05) is 81.3 Å². The summed E-state index contributed by atoms with van der Waals surface area (Å²) in [6.07, 6.45) is 12.7. The van der Waals surface area contributed by atoms with Gasteiger partial charge in [-0.05, 0) is 203 Å². The van der Waals surface area contributed by atoms with Crippen LogP contribution in [-0.2, 0) is 25.7 Å². The molecule has 4 heterocycles. The molecule has 0 aliphatic heterocycles. The number of hydrogen-bond acceptors (Lipinski definition) is 8. The molecular weight excluding hydrogens is 933 g/mol. The fourth-order valence-corrected chi connectivity index (χ4v) is 9.75. The lowest BCUT2D eigenvalue weighted by Gasteiger charge is -2.30. The summed E-state index contributed by atoms with van der Waals surface area (Å²) in [5.74, 6) is 3.68. The van der Waals surface area contributed by atoms with Gasteiger partial charge in [-0.3, -0.25) is 4.90 Å². The van der Waals surface area contributed by atoms with E-state index in [9.17, 15) is 0 Å². The van der Waals surface area contributed by atoms with Crippen molar-refractivity contribution in [2.45, 2.75) is 126 Å². The predicted molar refractivity (Wildman–Crippen MR) is 319 cm³/mol. The van der Waals surface area contributed by atoms with Crippen molar-refractivity contribution in [3.8, 4) is 23.0 Å². The number of hydrogen-bond donors (Lipinski definition) is 4. The standard InChI is InChI=1S/C17H26N2O.C16H24N2O.2C15H22N2O/c1-12(2)19(13(3)4)9-8-14-11-18-17-7-6-15(20-5)10-16(14)17;1-5-18(12(2)3)9-8-13-11-17-16-7-6-14(19-4)10-15(13)16;1-11(2)17(3)8-7-12-10-16-15-6-5-13(18-4)9-14(12)15;1-4-17(5-2)9-8-12-11-16-15-7-6-13(18-3)10-14(12)15/h6-7,10-13,18H,8-9H2,1-5H3;6-7,10-12,17H,5,8-9H2,1-4H3;5-6,9-11,16H,7-8H2,1-4H3;6-7,10-11,16H,4-5,8-9H2,1-3H3. The molecular formula is C63H94N8O4. The predicted octanol–water partition coefficient (Wildman–Crippen LogP) is 13.4. The Morgan fingerprint density at radius 3 is 0.987 bits per heavy atom. The van der Waals surface area contributed by atoms with Crippen LogP contribution in [0, 0.1) is 0 Å². The Morgan fingerprint density at radius 1 is 0.387 bits per heavy atom. The maximum atomic E-state index is 5.32. The highest BCUT2D eigenvalue weighted by Crippen LogP contribution is 2.28. The third kappa shape index (κ3) is 17.0. The first-order valence-corrected chi connectivity index (χ1v) is 27.6. The summed E-state index contributed by atoms with van der Waals surface area (Å²) in [6.45, 7) is 32.3. The number of benzene rings is 4. The van der Waals surface area contributed by atoms with E-state index in [-0.39, 0.29) is 0 Å². The minimum Gasteiger partial charge on any atom is -0.497 e. The first-order chi connectivity index (χ1) is 36.1. The van der Waals surface area contributed by atoms with Crippen molar-refractivity contribution in [3.05, 3.63) is 120 Å². The number of aromatic nitrogens is 4. The zero-order valence-electron chi connectivity index (χ0n) is 48.7. The van der Waals surface area contributed by atoms with Crippen LogP contribution in [0.15, 0.2) is 97.6 Å². The molecule has 4 aromatic carbocycles. The molecule has 0 saturated heterocycles. The summed E-state index contributed by atoms with van der Waals surface area (Å²) in [4.78, 5) is 23.1. The maximum absolute atomic E-state index is 5.32. The number of rotatable bonds is 23. The van der Waals surface area contributed by atoms with Gasteiger partial charge in [0.15, 0.2) is 0 Å². The molecule has 8 aromatic rings. The van der Waals surface area contributed by atoms with Crippen LogP contribution in [0.2, 0.25) is 0 Å². The lowest BCUT2D eigenvalue weighted by atomic mass is 10.1. The molecule has 0 spiro atoms. The van der Waals surface area contributed by atoms with Crippen LogP contribution in [0.1, 0.15) is 98.4 Å². The van der Waals surface area contributed by atoms with Gasteiger partial charge in [-0.25, -0.2) is 0 Å². The Bertz CT molecular complexity index is 2790. The number of H-pyrrole nitrogens is 4. The molecule has 410 valence electrons. The number of fused-ring (bicyclic) bond motifs is 4. The third-order valence-electron chi connectivity index (χ3n) is 14.9. The Kier molecular flexibility index (Phi) is 24.0. The molecule has 75 heavy (non-hydrogen) atoms. The lowest BCUT2D eigenvalue weighted by molar-refractivity contribution is 0.177. The van der Waals surface area contributed by atoms with E-state index in [2.05, 4.69) is 196 Å². The SMILES string of the molecule is CCN(CC)CCc1c[nH]c2ccc(OC)cc12.CCN(CCc1c[nH]c2ccc(OC)cc12)C(C)C.COc1ccc2[nH]cc(CCN(C(C)C)C(C)C)c2c1.COc1ccc2[nH]cc(CCN(C)C(C)C)c2c1. The van der Waals surface area contributed by atoms with Gasteiger partial charge in [0, 0.05) is 119 Å². The Morgan fingerprint density at radius 2 is 0.707 bits per heavy atom. The largest absolute Gasteiger partial charge is 0.497 e. The summed E-state index contributed by atoms with van der Waals surface area (Å²) in [7, 11) is 9.02. The fraction of sp³-hybridized carbons (Fsp3) is 0.492. The van der Waals surface area contributed by atoms with Crippen molar-refractivity contribution in [2.24, 2.45) is 0 Å². The van der Waals surface area contributed by atoms with E-state index in [0.29, 0.717) is 24.2 Å². The molecule has 0 aliphatic rings. The molecule has 0 fully saturated rings. The van der Waals surface area contributed by atoms with Crippen LogP contribution < -0.4 is 18.9 Å². The normalized spacial score (nSPS) is 11.7. The molecule has 0 bridgehead atoms. The number of likely N-dealkylation sites (N-methyl/N-ethyl adjacent to an activating group) is 3. The minimum atomic E-state index is 0.578. The summed E-state index contributed by atoms with van der Waals surface area (Å²) >= 11 is 0. The summed E-state index contributed by atoms with van der Waals surface area (Å²) in [5, 5.41) is 5.10. The second-order valence-corrected chi connectivity index (χ2v) is 20.7. The number of aromatic amines is 4. The van der Waals surface area contributed by atoms with E-state index in [1.54, 1.807) is 28.4 Å². The summed E-state index contributed by atoms with van der Waals surface area (Å²) in [6, 6.07) is 27.1. The van der Waals surface area contributed by atoms with Gasteiger partial charge in [-0.2, -0.15) is 0 Å². The van der Waals surface area contributed by atoms with Crippen LogP contribution >= 0.6 is 0 Å². The molecule has 4 N–H and O–H groups in total. The molecule has 0 atom stereocenters. The number of ether oxygens (including phenoxy) is 4. The van der Waals surface area contributed by atoms with Gasteiger partial charge in [-0.15, -0.1) is 0 Å². The zero-order valence-corrected chi connectivity index (χ0v) is 48.7. The fourth-order valence-electron chi connectivity index (χ4n) is 9.75. The van der Waals surface area contributed by atoms with Crippen LogP contribution in [0.3, 0.4) is 0 Å². The van der Waals surface area contributed by atoms with Crippen molar-refractivity contribution in [3.63, 3.8) is 0 Å². The van der Waals surface area contributed by atoms with Crippen molar-refractivity contribution < 1.29 is 18.9 Å². The van der Waals surface area contributed by atoms with E-state index < -0.39 is 0 Å².